The number of primary amides is 1. The van der Waals surface area contributed by atoms with E-state index in [2.05, 4.69) is 10.1 Å². The summed E-state index contributed by atoms with van der Waals surface area (Å²) in [6.07, 6.45) is -4.78. The molecule has 0 radical (unpaired) electrons. The van der Waals surface area contributed by atoms with Gasteiger partial charge in [0.1, 0.15) is 12.4 Å². The van der Waals surface area contributed by atoms with Gasteiger partial charge >= 0.3 is 6.18 Å². The molecule has 3 atom stereocenters. The molecule has 1 aliphatic heterocycles. The van der Waals surface area contributed by atoms with Crippen LogP contribution in [0.4, 0.5) is 13.2 Å². The lowest BCUT2D eigenvalue weighted by Crippen LogP contribution is -2.47. The third kappa shape index (κ3) is 4.91. The number of carbonyl (C=O) groups is 1. The van der Waals surface area contributed by atoms with Crippen molar-refractivity contribution in [1.29, 1.82) is 0 Å². The number of carbonyl (C=O) groups excluding carboxylic acids is 1. The number of hydrogen-bond donors (Lipinski definition) is 1. The van der Waals surface area contributed by atoms with Crippen molar-refractivity contribution >= 4 is 5.91 Å². The zero-order chi connectivity index (χ0) is 18.1. The Bertz CT molecular complexity index is 579. The molecule has 1 aromatic heterocycles. The first kappa shape index (κ1) is 18.7. The SMILES string of the molecule is CC1CN(C(C)c2nc(CC(N)=O)nn2CC(F)(F)F)CC(C)O1. The Morgan fingerprint density at radius 3 is 2.46 bits per heavy atom. The lowest BCUT2D eigenvalue weighted by atomic mass is 10.1. The van der Waals surface area contributed by atoms with Crippen LogP contribution in [0.15, 0.2) is 0 Å². The topological polar surface area (TPSA) is 86.3 Å². The number of nitrogens with two attached hydrogens (primary N) is 1. The lowest BCUT2D eigenvalue weighted by molar-refractivity contribution is -0.144. The number of morpholine rings is 1. The molecule has 1 aromatic rings. The predicted octanol–water partition coefficient (Wildman–Crippen LogP) is 1.04. The van der Waals surface area contributed by atoms with Gasteiger partial charge in [0.2, 0.25) is 5.91 Å². The van der Waals surface area contributed by atoms with Gasteiger partial charge in [-0.15, -0.1) is 0 Å². The minimum Gasteiger partial charge on any atom is -0.373 e. The van der Waals surface area contributed by atoms with Crippen LogP contribution in [0.1, 0.15) is 38.5 Å². The Morgan fingerprint density at radius 2 is 1.96 bits per heavy atom. The zero-order valence-electron chi connectivity index (χ0n) is 13.9. The van der Waals surface area contributed by atoms with Crippen LogP contribution in [-0.4, -0.2) is 57.0 Å². The Balaban J connectivity index is 2.28. The fourth-order valence-corrected chi connectivity index (χ4v) is 2.93. The third-order valence-electron chi connectivity index (χ3n) is 3.77. The van der Waals surface area contributed by atoms with Crippen LogP contribution in [0.3, 0.4) is 0 Å². The molecule has 1 aliphatic rings. The quantitative estimate of drug-likeness (QED) is 0.858. The van der Waals surface area contributed by atoms with Crippen LogP contribution in [0.25, 0.3) is 0 Å². The highest BCUT2D eigenvalue weighted by atomic mass is 19.4. The second-order valence-electron chi connectivity index (χ2n) is 6.19. The van der Waals surface area contributed by atoms with Crippen molar-refractivity contribution in [3.8, 4) is 0 Å². The van der Waals surface area contributed by atoms with E-state index in [0.717, 1.165) is 4.68 Å². The van der Waals surface area contributed by atoms with Gasteiger partial charge in [-0.2, -0.15) is 18.3 Å². The van der Waals surface area contributed by atoms with E-state index < -0.39 is 24.7 Å². The second-order valence-corrected chi connectivity index (χ2v) is 6.19. The first-order chi connectivity index (χ1) is 11.0. The number of amides is 1. The van der Waals surface area contributed by atoms with Crippen molar-refractivity contribution in [3.63, 3.8) is 0 Å². The molecule has 0 bridgehead atoms. The van der Waals surface area contributed by atoms with Crippen molar-refractivity contribution in [3.05, 3.63) is 11.6 Å². The lowest BCUT2D eigenvalue weighted by Gasteiger charge is -2.38. The Morgan fingerprint density at radius 1 is 1.38 bits per heavy atom. The van der Waals surface area contributed by atoms with E-state index in [1.807, 2.05) is 18.7 Å². The van der Waals surface area contributed by atoms with Gasteiger partial charge in [0, 0.05) is 13.1 Å². The van der Waals surface area contributed by atoms with Crippen LogP contribution in [0, 0.1) is 0 Å². The van der Waals surface area contributed by atoms with Gasteiger partial charge in [-0.3, -0.25) is 9.69 Å². The zero-order valence-corrected chi connectivity index (χ0v) is 13.9. The molecule has 0 saturated carbocycles. The minimum atomic E-state index is -4.43. The molecule has 0 spiro atoms. The van der Waals surface area contributed by atoms with Crippen LogP contribution in [0.5, 0.6) is 0 Å². The summed E-state index contributed by atoms with van der Waals surface area (Å²) in [4.78, 5) is 17.1. The summed E-state index contributed by atoms with van der Waals surface area (Å²) in [5.74, 6) is -0.514. The summed E-state index contributed by atoms with van der Waals surface area (Å²) in [5.41, 5.74) is 5.09. The van der Waals surface area contributed by atoms with Gasteiger partial charge in [0.05, 0.1) is 24.7 Å². The number of aromatic nitrogens is 3. The normalized spacial score (nSPS) is 24.1. The number of rotatable bonds is 5. The van der Waals surface area contributed by atoms with Gasteiger partial charge < -0.3 is 10.5 Å². The highest BCUT2D eigenvalue weighted by molar-refractivity contribution is 5.75. The van der Waals surface area contributed by atoms with Gasteiger partial charge in [0.25, 0.3) is 0 Å². The molecular formula is C14H22F3N5O2. The molecule has 2 N–H and O–H groups in total. The first-order valence-electron chi connectivity index (χ1n) is 7.73. The maximum Gasteiger partial charge on any atom is 0.408 e. The number of ether oxygens (including phenoxy) is 1. The van der Waals surface area contributed by atoms with E-state index in [1.54, 1.807) is 6.92 Å². The van der Waals surface area contributed by atoms with E-state index >= 15 is 0 Å². The summed E-state index contributed by atoms with van der Waals surface area (Å²) in [5, 5.41) is 3.82. The number of nitrogens with zero attached hydrogens (tertiary/aromatic N) is 4. The van der Waals surface area contributed by atoms with E-state index in [0.29, 0.717) is 13.1 Å². The molecule has 10 heteroatoms. The molecule has 3 unspecified atom stereocenters. The van der Waals surface area contributed by atoms with Crippen LogP contribution in [0.2, 0.25) is 0 Å². The van der Waals surface area contributed by atoms with Crippen LogP contribution >= 0.6 is 0 Å². The predicted molar refractivity (Wildman–Crippen MR) is 79.0 cm³/mol. The molecule has 0 aliphatic carbocycles. The number of halogens is 3. The smallest absolute Gasteiger partial charge is 0.373 e. The number of hydrogen-bond acceptors (Lipinski definition) is 5. The summed E-state index contributed by atoms with van der Waals surface area (Å²) in [6, 6.07) is -0.393. The molecule has 136 valence electrons. The fourth-order valence-electron chi connectivity index (χ4n) is 2.93. The van der Waals surface area contributed by atoms with E-state index in [9.17, 15) is 18.0 Å². The standard InChI is InChI=1S/C14H22F3N5O2/c1-8-5-21(6-9(2)24-8)10(3)13-19-12(4-11(18)23)20-22(13)7-14(15,16)17/h8-10H,4-7H2,1-3H3,(H2,18,23). The Kier molecular flexibility index (Phi) is 5.49. The molecular weight excluding hydrogens is 327 g/mol. The van der Waals surface area contributed by atoms with Crippen molar-refractivity contribution in [2.75, 3.05) is 13.1 Å². The summed E-state index contributed by atoms with van der Waals surface area (Å²) in [7, 11) is 0. The fraction of sp³-hybridized carbons (Fsp3) is 0.786. The molecule has 2 heterocycles. The summed E-state index contributed by atoms with van der Waals surface area (Å²) >= 11 is 0. The molecule has 7 nitrogen and oxygen atoms in total. The highest BCUT2D eigenvalue weighted by Crippen LogP contribution is 2.26. The maximum atomic E-state index is 12.8. The van der Waals surface area contributed by atoms with E-state index in [4.69, 9.17) is 10.5 Å². The molecule has 0 aromatic carbocycles. The van der Waals surface area contributed by atoms with Crippen molar-refractivity contribution in [1.82, 2.24) is 19.7 Å². The molecule has 24 heavy (non-hydrogen) atoms. The van der Waals surface area contributed by atoms with Crippen LogP contribution < -0.4 is 5.73 Å². The molecule has 1 amide bonds. The molecule has 2 rings (SSSR count). The van der Waals surface area contributed by atoms with Crippen LogP contribution in [-0.2, 0) is 22.5 Å². The van der Waals surface area contributed by atoms with Gasteiger partial charge in [0.15, 0.2) is 5.82 Å². The maximum absolute atomic E-state index is 12.8. The highest BCUT2D eigenvalue weighted by Gasteiger charge is 2.34. The minimum absolute atomic E-state index is 0.00274. The Hall–Kier alpha value is -1.68. The van der Waals surface area contributed by atoms with E-state index in [1.165, 1.54) is 0 Å². The average molecular weight is 349 g/mol. The summed E-state index contributed by atoms with van der Waals surface area (Å²) in [6.45, 7) is 5.50. The average Bonchev–Trinajstić information content (AvgIpc) is 2.76. The second kappa shape index (κ2) is 7.06. The van der Waals surface area contributed by atoms with Crippen molar-refractivity contribution < 1.29 is 22.7 Å². The van der Waals surface area contributed by atoms with Gasteiger partial charge in [-0.1, -0.05) is 0 Å². The molecule has 1 saturated heterocycles. The van der Waals surface area contributed by atoms with Crippen molar-refractivity contribution in [2.45, 2.75) is 58.2 Å². The van der Waals surface area contributed by atoms with E-state index in [-0.39, 0.29) is 30.3 Å². The van der Waals surface area contributed by atoms with Gasteiger partial charge in [-0.05, 0) is 20.8 Å². The summed E-state index contributed by atoms with van der Waals surface area (Å²) < 4.78 is 44.9. The van der Waals surface area contributed by atoms with Crippen molar-refractivity contribution in [2.24, 2.45) is 5.73 Å². The largest absolute Gasteiger partial charge is 0.408 e. The first-order valence-corrected chi connectivity index (χ1v) is 7.73. The monoisotopic (exact) mass is 349 g/mol. The number of alkyl halides is 3. The molecule has 1 fully saturated rings. The van der Waals surface area contributed by atoms with Gasteiger partial charge in [-0.25, -0.2) is 9.67 Å². The Labute approximate surface area is 138 Å². The third-order valence-corrected chi connectivity index (χ3v) is 3.77.